The highest BCUT2D eigenvalue weighted by atomic mass is 32.2. The maximum absolute atomic E-state index is 12.5. The van der Waals surface area contributed by atoms with E-state index in [0.717, 1.165) is 12.1 Å². The van der Waals surface area contributed by atoms with Gasteiger partial charge >= 0.3 is 12.1 Å². The van der Waals surface area contributed by atoms with Crippen molar-refractivity contribution in [1.29, 1.82) is 0 Å². The standard InChI is InChI=1S/C13H15F3O2S/c1-12(2,11(17)18-3)8-19-10-6-4-5-9(7-10)13(14,15)16/h4-7H,8H2,1-3H3. The van der Waals surface area contributed by atoms with Gasteiger partial charge in [-0.3, -0.25) is 4.79 Å². The number of methoxy groups -OCH3 is 1. The van der Waals surface area contributed by atoms with E-state index in [2.05, 4.69) is 4.74 Å². The third kappa shape index (κ3) is 4.45. The molecule has 0 N–H and O–H groups in total. The summed E-state index contributed by atoms with van der Waals surface area (Å²) in [6, 6.07) is 5.05. The fraction of sp³-hybridized carbons (Fsp3) is 0.462. The number of benzene rings is 1. The van der Waals surface area contributed by atoms with Gasteiger partial charge in [-0.15, -0.1) is 11.8 Å². The van der Waals surface area contributed by atoms with Crippen LogP contribution in [0.5, 0.6) is 0 Å². The normalized spacial score (nSPS) is 12.3. The molecular weight excluding hydrogens is 277 g/mol. The molecule has 0 fully saturated rings. The van der Waals surface area contributed by atoms with Crippen molar-refractivity contribution in [2.24, 2.45) is 5.41 Å². The maximum Gasteiger partial charge on any atom is 0.416 e. The summed E-state index contributed by atoms with van der Waals surface area (Å²) < 4.78 is 42.3. The number of rotatable bonds is 4. The summed E-state index contributed by atoms with van der Waals surface area (Å²) in [4.78, 5) is 11.9. The Hall–Kier alpha value is -1.17. The fourth-order valence-electron chi connectivity index (χ4n) is 1.36. The van der Waals surface area contributed by atoms with Crippen LogP contribution in [0.1, 0.15) is 19.4 Å². The lowest BCUT2D eigenvalue weighted by molar-refractivity contribution is -0.149. The second-order valence-corrected chi connectivity index (χ2v) is 5.74. The highest BCUT2D eigenvalue weighted by Crippen LogP contribution is 2.34. The number of hydrogen-bond acceptors (Lipinski definition) is 3. The Morgan fingerprint density at radius 3 is 2.47 bits per heavy atom. The molecule has 0 atom stereocenters. The Labute approximate surface area is 114 Å². The van der Waals surface area contributed by atoms with Crippen LogP contribution in [0.25, 0.3) is 0 Å². The second-order valence-electron chi connectivity index (χ2n) is 4.69. The predicted molar refractivity (Wildman–Crippen MR) is 68.0 cm³/mol. The quantitative estimate of drug-likeness (QED) is 0.620. The number of ether oxygens (including phenoxy) is 1. The molecule has 0 radical (unpaired) electrons. The van der Waals surface area contributed by atoms with Crippen LogP contribution in [0, 0.1) is 5.41 Å². The molecular formula is C13H15F3O2S. The molecule has 19 heavy (non-hydrogen) atoms. The highest BCUT2D eigenvalue weighted by Gasteiger charge is 2.31. The van der Waals surface area contributed by atoms with E-state index in [9.17, 15) is 18.0 Å². The van der Waals surface area contributed by atoms with E-state index in [1.165, 1.54) is 24.9 Å². The first-order valence-electron chi connectivity index (χ1n) is 5.55. The molecule has 0 aliphatic heterocycles. The molecule has 1 aromatic rings. The zero-order valence-corrected chi connectivity index (χ0v) is 11.7. The Morgan fingerprint density at radius 2 is 1.95 bits per heavy atom. The van der Waals surface area contributed by atoms with E-state index in [-0.39, 0.29) is 5.97 Å². The number of thioether (sulfide) groups is 1. The van der Waals surface area contributed by atoms with E-state index in [1.807, 2.05) is 0 Å². The van der Waals surface area contributed by atoms with E-state index in [1.54, 1.807) is 19.9 Å². The van der Waals surface area contributed by atoms with Gasteiger partial charge < -0.3 is 4.74 Å². The molecule has 106 valence electrons. The minimum Gasteiger partial charge on any atom is -0.469 e. The zero-order chi connectivity index (χ0) is 14.7. The molecule has 6 heteroatoms. The van der Waals surface area contributed by atoms with Crippen LogP contribution >= 0.6 is 11.8 Å². The van der Waals surface area contributed by atoms with Crippen molar-refractivity contribution >= 4 is 17.7 Å². The van der Waals surface area contributed by atoms with Crippen molar-refractivity contribution in [2.45, 2.75) is 24.9 Å². The molecule has 0 unspecified atom stereocenters. The van der Waals surface area contributed by atoms with Gasteiger partial charge in [0.25, 0.3) is 0 Å². The first-order chi connectivity index (χ1) is 8.66. The Morgan fingerprint density at radius 1 is 1.32 bits per heavy atom. The summed E-state index contributed by atoms with van der Waals surface area (Å²) in [6.07, 6.45) is -4.35. The van der Waals surface area contributed by atoms with Gasteiger partial charge in [-0.1, -0.05) is 6.07 Å². The SMILES string of the molecule is COC(=O)C(C)(C)CSc1cccc(C(F)(F)F)c1. The van der Waals surface area contributed by atoms with Crippen LogP contribution in [0.4, 0.5) is 13.2 Å². The summed E-state index contributed by atoms with van der Waals surface area (Å²) >= 11 is 1.20. The van der Waals surface area contributed by atoms with Gasteiger partial charge in [-0.25, -0.2) is 0 Å². The molecule has 0 spiro atoms. The number of alkyl halides is 3. The van der Waals surface area contributed by atoms with E-state index < -0.39 is 17.2 Å². The molecule has 1 aromatic carbocycles. The molecule has 0 heterocycles. The van der Waals surface area contributed by atoms with Crippen molar-refractivity contribution in [1.82, 2.24) is 0 Å². The van der Waals surface area contributed by atoms with Crippen LogP contribution in [0.3, 0.4) is 0 Å². The second kappa shape index (κ2) is 5.86. The van der Waals surface area contributed by atoms with E-state index in [4.69, 9.17) is 0 Å². The molecule has 1 rings (SSSR count). The number of halogens is 3. The van der Waals surface area contributed by atoms with Crippen molar-refractivity contribution in [3.8, 4) is 0 Å². The zero-order valence-electron chi connectivity index (χ0n) is 10.9. The van der Waals surface area contributed by atoms with Gasteiger partial charge in [0.05, 0.1) is 18.1 Å². The minimum absolute atomic E-state index is 0.348. The topological polar surface area (TPSA) is 26.3 Å². The minimum atomic E-state index is -4.35. The lowest BCUT2D eigenvalue weighted by Crippen LogP contribution is -2.28. The third-order valence-electron chi connectivity index (χ3n) is 2.50. The summed E-state index contributed by atoms with van der Waals surface area (Å²) in [5, 5.41) is 0. The maximum atomic E-state index is 12.5. The number of carbonyl (C=O) groups is 1. The van der Waals surface area contributed by atoms with E-state index >= 15 is 0 Å². The van der Waals surface area contributed by atoms with Crippen molar-refractivity contribution in [3.63, 3.8) is 0 Å². The van der Waals surface area contributed by atoms with Gasteiger partial charge in [0.15, 0.2) is 0 Å². The molecule has 0 bridgehead atoms. The first kappa shape index (κ1) is 15.9. The van der Waals surface area contributed by atoms with Crippen LogP contribution in [-0.4, -0.2) is 18.8 Å². The van der Waals surface area contributed by atoms with Crippen LogP contribution in [0.15, 0.2) is 29.2 Å². The number of esters is 1. The number of hydrogen-bond donors (Lipinski definition) is 0. The Bertz CT molecular complexity index is 455. The summed E-state index contributed by atoms with van der Waals surface area (Å²) in [5.74, 6) is -0.0342. The van der Waals surface area contributed by atoms with Crippen LogP contribution in [0.2, 0.25) is 0 Å². The van der Waals surface area contributed by atoms with Crippen molar-refractivity contribution in [2.75, 3.05) is 12.9 Å². The van der Waals surface area contributed by atoms with Crippen molar-refractivity contribution in [3.05, 3.63) is 29.8 Å². The Kier molecular flexibility index (Phi) is 4.90. The molecule has 0 saturated carbocycles. The average Bonchev–Trinajstić information content (AvgIpc) is 2.35. The van der Waals surface area contributed by atoms with Gasteiger partial charge in [-0.2, -0.15) is 13.2 Å². The molecule has 0 aliphatic carbocycles. The molecule has 0 aromatic heterocycles. The summed E-state index contributed by atoms with van der Waals surface area (Å²) in [7, 11) is 1.29. The van der Waals surface area contributed by atoms with Gasteiger partial charge in [0, 0.05) is 10.6 Å². The largest absolute Gasteiger partial charge is 0.469 e. The van der Waals surface area contributed by atoms with Gasteiger partial charge in [0.1, 0.15) is 0 Å². The lowest BCUT2D eigenvalue weighted by atomic mass is 9.97. The smallest absolute Gasteiger partial charge is 0.416 e. The Balaban J connectivity index is 2.77. The fourth-order valence-corrected chi connectivity index (χ4v) is 2.39. The predicted octanol–water partition coefficient (Wildman–Crippen LogP) is 4.00. The molecule has 0 aliphatic rings. The monoisotopic (exact) mass is 292 g/mol. The van der Waals surface area contributed by atoms with Crippen LogP contribution in [-0.2, 0) is 15.7 Å². The summed E-state index contributed by atoms with van der Waals surface area (Å²) in [6.45, 7) is 3.39. The number of carbonyl (C=O) groups excluding carboxylic acids is 1. The van der Waals surface area contributed by atoms with Gasteiger partial charge in [-0.05, 0) is 32.0 Å². The van der Waals surface area contributed by atoms with Crippen LogP contribution < -0.4 is 0 Å². The molecule has 0 saturated heterocycles. The lowest BCUT2D eigenvalue weighted by Gasteiger charge is -2.20. The molecule has 2 nitrogen and oxygen atoms in total. The third-order valence-corrected chi connectivity index (χ3v) is 3.95. The first-order valence-corrected chi connectivity index (χ1v) is 6.54. The average molecular weight is 292 g/mol. The van der Waals surface area contributed by atoms with Gasteiger partial charge in [0.2, 0.25) is 0 Å². The summed E-state index contributed by atoms with van der Waals surface area (Å²) in [5.41, 5.74) is -1.43. The van der Waals surface area contributed by atoms with E-state index in [0.29, 0.717) is 10.6 Å². The highest BCUT2D eigenvalue weighted by molar-refractivity contribution is 7.99. The van der Waals surface area contributed by atoms with Crippen molar-refractivity contribution < 1.29 is 22.7 Å². The molecule has 0 amide bonds.